The van der Waals surface area contributed by atoms with Crippen LogP contribution >= 0.6 is 11.3 Å². The van der Waals surface area contributed by atoms with E-state index in [1.54, 1.807) is 18.2 Å². The molecule has 1 aliphatic heterocycles. The molecule has 1 aromatic carbocycles. The normalized spacial score (nSPS) is 13.6. The van der Waals surface area contributed by atoms with Crippen molar-refractivity contribution in [1.82, 2.24) is 10.3 Å². The number of hydrogen-bond donors (Lipinski definition) is 2. The molecule has 9 heteroatoms. The molecule has 1 aliphatic rings. The van der Waals surface area contributed by atoms with E-state index in [1.807, 2.05) is 0 Å². The summed E-state index contributed by atoms with van der Waals surface area (Å²) in [6.45, 7) is 0.602. The molecule has 0 bridgehead atoms. The zero-order valence-electron chi connectivity index (χ0n) is 14.3. The number of hydrogen-bond acceptors (Lipinski definition) is 7. The smallest absolute Gasteiger partial charge is 0.349 e. The molecule has 3 aromatic rings. The number of fused-ring (bicyclic) bond motifs is 2. The number of aromatic nitrogens is 1. The van der Waals surface area contributed by atoms with E-state index in [-0.39, 0.29) is 22.2 Å². The Bertz CT molecular complexity index is 1120. The van der Waals surface area contributed by atoms with Crippen molar-refractivity contribution >= 4 is 39.3 Å². The Morgan fingerprint density at radius 2 is 2.22 bits per heavy atom. The SMILES string of the molecule is COc1cccc2cc(C(=O)Nc3nc4c(s3)C(=O)NCCC4)c(=O)oc12. The Kier molecular flexibility index (Phi) is 4.36. The van der Waals surface area contributed by atoms with Gasteiger partial charge in [-0.3, -0.25) is 14.9 Å². The van der Waals surface area contributed by atoms with Crippen LogP contribution in [0.1, 0.15) is 32.1 Å². The number of ether oxygens (including phenoxy) is 1. The van der Waals surface area contributed by atoms with Crippen LogP contribution in [0.25, 0.3) is 11.0 Å². The highest BCUT2D eigenvalue weighted by Gasteiger charge is 2.22. The van der Waals surface area contributed by atoms with Crippen LogP contribution in [0.2, 0.25) is 0 Å². The molecule has 4 rings (SSSR count). The summed E-state index contributed by atoms with van der Waals surface area (Å²) in [5, 5.41) is 6.20. The van der Waals surface area contributed by atoms with Gasteiger partial charge in [0.2, 0.25) is 0 Å². The molecule has 0 spiro atoms. The first-order valence-corrected chi connectivity index (χ1v) is 9.08. The number of methoxy groups -OCH3 is 1. The van der Waals surface area contributed by atoms with Crippen LogP contribution in [0.4, 0.5) is 5.13 Å². The molecule has 0 saturated carbocycles. The number of benzene rings is 1. The molecule has 2 N–H and O–H groups in total. The van der Waals surface area contributed by atoms with Crippen molar-refractivity contribution in [2.24, 2.45) is 0 Å². The summed E-state index contributed by atoms with van der Waals surface area (Å²) in [6, 6.07) is 6.57. The van der Waals surface area contributed by atoms with Crippen molar-refractivity contribution < 1.29 is 18.7 Å². The maximum atomic E-state index is 12.6. The summed E-state index contributed by atoms with van der Waals surface area (Å²) >= 11 is 1.09. The number of para-hydroxylation sites is 1. The summed E-state index contributed by atoms with van der Waals surface area (Å²) in [5.41, 5.74) is 0.00530. The highest BCUT2D eigenvalue weighted by molar-refractivity contribution is 7.17. The standard InChI is InChI=1S/C18H15N3O5S/c1-25-12-6-2-4-9-8-10(17(24)26-13(9)12)15(22)21-18-20-11-5-3-7-19-16(23)14(11)27-18/h2,4,6,8H,3,5,7H2,1H3,(H,19,23)(H,20,21,22). The van der Waals surface area contributed by atoms with Gasteiger partial charge >= 0.3 is 5.63 Å². The molecule has 0 atom stereocenters. The van der Waals surface area contributed by atoms with Gasteiger partial charge in [-0.25, -0.2) is 9.78 Å². The number of nitrogens with one attached hydrogen (secondary N) is 2. The minimum absolute atomic E-state index is 0.148. The number of aryl methyl sites for hydroxylation is 1. The van der Waals surface area contributed by atoms with Crippen LogP contribution in [0.5, 0.6) is 5.75 Å². The van der Waals surface area contributed by atoms with Crippen molar-refractivity contribution in [2.45, 2.75) is 12.8 Å². The van der Waals surface area contributed by atoms with Gasteiger partial charge < -0.3 is 14.5 Å². The highest BCUT2D eigenvalue weighted by atomic mass is 32.1. The van der Waals surface area contributed by atoms with Gasteiger partial charge in [-0.15, -0.1) is 0 Å². The van der Waals surface area contributed by atoms with Gasteiger partial charge in [0.05, 0.1) is 12.8 Å². The maximum Gasteiger partial charge on any atom is 0.349 e. The molecule has 0 unspecified atom stereocenters. The molecule has 3 heterocycles. The van der Waals surface area contributed by atoms with Gasteiger partial charge in [-0.1, -0.05) is 23.5 Å². The molecular weight excluding hydrogens is 370 g/mol. The van der Waals surface area contributed by atoms with Crippen LogP contribution in [0.3, 0.4) is 0 Å². The predicted octanol–water partition coefficient (Wildman–Crippen LogP) is 2.19. The molecule has 138 valence electrons. The van der Waals surface area contributed by atoms with E-state index in [0.29, 0.717) is 34.7 Å². The van der Waals surface area contributed by atoms with Crippen molar-refractivity contribution in [3.63, 3.8) is 0 Å². The quantitative estimate of drug-likeness (QED) is 0.669. The fourth-order valence-electron chi connectivity index (χ4n) is 2.89. The second-order valence-corrected chi connectivity index (χ2v) is 6.93. The van der Waals surface area contributed by atoms with Crippen LogP contribution in [0, 0.1) is 0 Å². The zero-order valence-corrected chi connectivity index (χ0v) is 15.1. The fraction of sp³-hybridized carbons (Fsp3) is 0.222. The first-order chi connectivity index (χ1) is 13.1. The Hall–Kier alpha value is -3.20. The second kappa shape index (κ2) is 6.84. The van der Waals surface area contributed by atoms with E-state index < -0.39 is 11.5 Å². The van der Waals surface area contributed by atoms with E-state index in [1.165, 1.54) is 13.2 Å². The third-order valence-corrected chi connectivity index (χ3v) is 5.20. The molecule has 0 radical (unpaired) electrons. The van der Waals surface area contributed by atoms with Crippen LogP contribution < -0.4 is 21.0 Å². The molecule has 2 amide bonds. The van der Waals surface area contributed by atoms with Crippen molar-refractivity contribution in [3.8, 4) is 5.75 Å². The van der Waals surface area contributed by atoms with Gasteiger partial charge in [-0.2, -0.15) is 0 Å². The lowest BCUT2D eigenvalue weighted by molar-refractivity contribution is 0.0958. The third-order valence-electron chi connectivity index (χ3n) is 4.19. The number of anilines is 1. The van der Waals surface area contributed by atoms with Gasteiger partial charge in [-0.05, 0) is 25.0 Å². The van der Waals surface area contributed by atoms with E-state index in [9.17, 15) is 14.4 Å². The van der Waals surface area contributed by atoms with E-state index in [0.717, 1.165) is 17.8 Å². The highest BCUT2D eigenvalue weighted by Crippen LogP contribution is 2.27. The van der Waals surface area contributed by atoms with Gasteiger partial charge in [0.25, 0.3) is 11.8 Å². The first kappa shape index (κ1) is 17.2. The van der Waals surface area contributed by atoms with Gasteiger partial charge in [0, 0.05) is 11.9 Å². The lowest BCUT2D eigenvalue weighted by Gasteiger charge is -2.05. The minimum atomic E-state index is -0.777. The van der Waals surface area contributed by atoms with Crippen LogP contribution in [-0.4, -0.2) is 30.5 Å². The number of nitrogens with zero attached hydrogens (tertiary/aromatic N) is 1. The summed E-state index contributed by atoms with van der Waals surface area (Å²) in [4.78, 5) is 41.6. The average Bonchev–Trinajstić information content (AvgIpc) is 2.98. The van der Waals surface area contributed by atoms with Crippen molar-refractivity contribution in [3.05, 3.63) is 50.8 Å². The van der Waals surface area contributed by atoms with Crippen molar-refractivity contribution in [2.75, 3.05) is 19.0 Å². The minimum Gasteiger partial charge on any atom is -0.493 e. The van der Waals surface area contributed by atoms with E-state index in [2.05, 4.69) is 15.6 Å². The Labute approximate surface area is 157 Å². The average molecular weight is 385 g/mol. The number of carbonyl (C=O) groups is 2. The number of amides is 2. The summed E-state index contributed by atoms with van der Waals surface area (Å²) < 4.78 is 10.4. The number of rotatable bonds is 3. The maximum absolute atomic E-state index is 12.6. The molecule has 2 aromatic heterocycles. The number of thiazole rings is 1. The Morgan fingerprint density at radius 3 is 3.04 bits per heavy atom. The Balaban J connectivity index is 1.66. The summed E-state index contributed by atoms with van der Waals surface area (Å²) in [5.74, 6) is -0.429. The molecule has 0 aliphatic carbocycles. The Morgan fingerprint density at radius 1 is 1.37 bits per heavy atom. The third kappa shape index (κ3) is 3.17. The largest absolute Gasteiger partial charge is 0.493 e. The number of carbonyl (C=O) groups excluding carboxylic acids is 2. The molecular formula is C18H15N3O5S. The monoisotopic (exact) mass is 385 g/mol. The lowest BCUT2D eigenvalue weighted by atomic mass is 10.1. The van der Waals surface area contributed by atoms with Crippen LogP contribution in [0.15, 0.2) is 33.5 Å². The van der Waals surface area contributed by atoms with Gasteiger partial charge in [0.1, 0.15) is 10.4 Å². The summed E-state index contributed by atoms with van der Waals surface area (Å²) in [6.07, 6.45) is 1.43. The van der Waals surface area contributed by atoms with Gasteiger partial charge in [0.15, 0.2) is 16.5 Å². The summed E-state index contributed by atoms with van der Waals surface area (Å²) in [7, 11) is 1.47. The second-order valence-electron chi connectivity index (χ2n) is 5.93. The molecule has 0 fully saturated rings. The zero-order chi connectivity index (χ0) is 19.0. The van der Waals surface area contributed by atoms with Crippen molar-refractivity contribution in [1.29, 1.82) is 0 Å². The molecule has 8 nitrogen and oxygen atoms in total. The topological polar surface area (TPSA) is 111 Å². The van der Waals surface area contributed by atoms with Crippen LogP contribution in [-0.2, 0) is 6.42 Å². The fourth-order valence-corrected chi connectivity index (χ4v) is 3.81. The van der Waals surface area contributed by atoms with E-state index in [4.69, 9.17) is 9.15 Å². The first-order valence-electron chi connectivity index (χ1n) is 8.27. The predicted molar refractivity (Wildman–Crippen MR) is 99.8 cm³/mol. The molecule has 0 saturated heterocycles. The lowest BCUT2D eigenvalue weighted by Crippen LogP contribution is -2.22. The molecule has 27 heavy (non-hydrogen) atoms. The van der Waals surface area contributed by atoms with E-state index >= 15 is 0 Å².